The van der Waals surface area contributed by atoms with Gasteiger partial charge in [0.05, 0.1) is 10.5 Å². The maximum absolute atomic E-state index is 13.2. The normalized spacial score (nSPS) is 11.7. The van der Waals surface area contributed by atoms with Crippen molar-refractivity contribution in [3.8, 4) is 6.07 Å². The van der Waals surface area contributed by atoms with E-state index in [2.05, 4.69) is 4.98 Å². The zero-order chi connectivity index (χ0) is 20.4. The Labute approximate surface area is 149 Å². The Morgan fingerprint density at radius 2 is 1.74 bits per heavy atom. The van der Waals surface area contributed by atoms with Crippen molar-refractivity contribution in [1.82, 2.24) is 4.98 Å². The van der Waals surface area contributed by atoms with E-state index in [0.717, 1.165) is 0 Å². The number of halogens is 5. The fourth-order valence-electron chi connectivity index (χ4n) is 2.05. The lowest BCUT2D eigenvalue weighted by Gasteiger charge is -2.12. The van der Waals surface area contributed by atoms with Gasteiger partial charge in [0.15, 0.2) is 15.6 Å². The monoisotopic (exact) mass is 405 g/mol. The van der Waals surface area contributed by atoms with Crippen molar-refractivity contribution in [2.24, 2.45) is 0 Å². The van der Waals surface area contributed by atoms with Crippen LogP contribution in [0.1, 0.15) is 16.1 Å². The lowest BCUT2D eigenvalue weighted by Crippen LogP contribution is -2.26. The number of alkyl halides is 3. The van der Waals surface area contributed by atoms with Gasteiger partial charge in [-0.05, 0) is 18.2 Å². The first kappa shape index (κ1) is 20.2. The molecule has 0 radical (unpaired) electrons. The molecular formula is C15H8F5N3O3S. The summed E-state index contributed by atoms with van der Waals surface area (Å²) in [5.74, 6) is -5.66. The highest BCUT2D eigenvalue weighted by molar-refractivity contribution is 7.91. The quantitative estimate of drug-likeness (QED) is 0.789. The van der Waals surface area contributed by atoms with Crippen LogP contribution in [0.15, 0.2) is 35.4 Å². The number of hydrogen-bond acceptors (Lipinski definition) is 5. The molecule has 0 aliphatic rings. The zero-order valence-electron chi connectivity index (χ0n) is 13.0. The number of rotatable bonds is 4. The number of hydrogen-bond donors (Lipinski definition) is 1. The van der Waals surface area contributed by atoms with Crippen LogP contribution in [-0.2, 0) is 9.84 Å². The molecule has 2 aromatic rings. The average Bonchev–Trinajstić information content (AvgIpc) is 2.50. The Hall–Kier alpha value is -3.07. The van der Waals surface area contributed by atoms with Crippen molar-refractivity contribution in [2.75, 3.05) is 11.1 Å². The molecule has 0 aliphatic carbocycles. The lowest BCUT2D eigenvalue weighted by molar-refractivity contribution is -0.106. The van der Waals surface area contributed by atoms with Gasteiger partial charge in [0.1, 0.15) is 23.4 Å². The Kier molecular flexibility index (Phi) is 5.46. The number of nitriles is 1. The van der Waals surface area contributed by atoms with Gasteiger partial charge >= 0.3 is 6.18 Å². The number of nitrogens with one attached hydrogen (secondary N) is 1. The number of amides is 1. The van der Waals surface area contributed by atoms with Gasteiger partial charge in [-0.15, -0.1) is 0 Å². The van der Waals surface area contributed by atoms with Gasteiger partial charge in [-0.3, -0.25) is 4.79 Å². The number of pyridine rings is 1. The van der Waals surface area contributed by atoms with E-state index in [1.165, 1.54) is 6.07 Å². The molecule has 12 heteroatoms. The van der Waals surface area contributed by atoms with Crippen molar-refractivity contribution in [3.63, 3.8) is 0 Å². The first-order valence-electron chi connectivity index (χ1n) is 6.88. The fraction of sp³-hybridized carbons (Fsp3) is 0.133. The molecule has 1 amide bonds. The minimum atomic E-state index is -5.09. The van der Waals surface area contributed by atoms with Crippen molar-refractivity contribution < 1.29 is 35.2 Å². The first-order valence-corrected chi connectivity index (χ1v) is 8.53. The van der Waals surface area contributed by atoms with E-state index >= 15 is 0 Å². The number of carbonyl (C=O) groups excluding carboxylic acids is 1. The molecule has 6 nitrogen and oxygen atoms in total. The van der Waals surface area contributed by atoms with Crippen molar-refractivity contribution in [1.29, 1.82) is 5.26 Å². The molecule has 27 heavy (non-hydrogen) atoms. The summed E-state index contributed by atoms with van der Waals surface area (Å²) in [6.07, 6.45) is -4.65. The highest BCUT2D eigenvalue weighted by Gasteiger charge is 2.38. The minimum absolute atomic E-state index is 0.410. The molecule has 1 N–H and O–H groups in total. The maximum atomic E-state index is 13.2. The smallest absolute Gasteiger partial charge is 0.322 e. The van der Waals surface area contributed by atoms with E-state index in [9.17, 15) is 35.2 Å². The topological polar surface area (TPSA) is 99.9 Å². The summed E-state index contributed by atoms with van der Waals surface area (Å²) >= 11 is 0. The molecule has 0 spiro atoms. The summed E-state index contributed by atoms with van der Waals surface area (Å²) in [4.78, 5) is 14.6. The van der Waals surface area contributed by atoms with Crippen LogP contribution < -0.4 is 5.32 Å². The Balaban J connectivity index is 2.51. The third-order valence-electron chi connectivity index (χ3n) is 3.04. The summed E-state index contributed by atoms with van der Waals surface area (Å²) in [5, 5.41) is 10.8. The third-order valence-corrected chi connectivity index (χ3v) is 4.74. The van der Waals surface area contributed by atoms with Gasteiger partial charge in [0, 0.05) is 18.0 Å². The van der Waals surface area contributed by atoms with E-state index in [-0.39, 0.29) is 0 Å². The first-order chi connectivity index (χ1) is 12.4. The molecular weight excluding hydrogens is 397 g/mol. The largest absolute Gasteiger partial charge is 0.403 e. The summed E-state index contributed by atoms with van der Waals surface area (Å²) in [7, 11) is -5.03. The van der Waals surface area contributed by atoms with E-state index in [1.54, 1.807) is 0 Å². The summed E-state index contributed by atoms with van der Waals surface area (Å²) in [5.41, 5.74) is -1.68. The van der Waals surface area contributed by atoms with Crippen LogP contribution in [-0.4, -0.2) is 31.2 Å². The number of aromatic nitrogens is 1. The van der Waals surface area contributed by atoms with Gasteiger partial charge in [0.2, 0.25) is 0 Å². The molecule has 0 unspecified atom stereocenters. The molecule has 1 aromatic carbocycles. The molecule has 2 rings (SSSR count). The predicted molar refractivity (Wildman–Crippen MR) is 81.4 cm³/mol. The molecule has 0 atom stereocenters. The molecule has 1 aromatic heterocycles. The van der Waals surface area contributed by atoms with Crippen LogP contribution in [0.3, 0.4) is 0 Å². The van der Waals surface area contributed by atoms with Crippen LogP contribution in [0.4, 0.5) is 27.6 Å². The zero-order valence-corrected chi connectivity index (χ0v) is 13.8. The Morgan fingerprint density at radius 3 is 2.26 bits per heavy atom. The van der Waals surface area contributed by atoms with Crippen LogP contribution in [0.5, 0.6) is 0 Å². The highest BCUT2D eigenvalue weighted by atomic mass is 32.2. The second-order valence-corrected chi connectivity index (χ2v) is 7.12. The third kappa shape index (κ3) is 5.20. The standard InChI is InChI=1S/C15H8F5N3O3S/c16-8-1-9(17)3-10(2-8)23-14(24)12-4-11(5-21)22-6-13(12)27(25,26)7-15(18,19)20/h1-4,6H,7H2,(H,23,24). The average molecular weight is 405 g/mol. The van der Waals surface area contributed by atoms with Crippen LogP contribution >= 0.6 is 0 Å². The van der Waals surface area contributed by atoms with Crippen molar-refractivity contribution in [3.05, 3.63) is 53.4 Å². The van der Waals surface area contributed by atoms with Gasteiger partial charge in [-0.25, -0.2) is 22.2 Å². The highest BCUT2D eigenvalue weighted by Crippen LogP contribution is 2.25. The Morgan fingerprint density at radius 1 is 1.15 bits per heavy atom. The van der Waals surface area contributed by atoms with Gasteiger partial charge in [-0.2, -0.15) is 18.4 Å². The molecule has 142 valence electrons. The number of anilines is 1. The van der Waals surface area contributed by atoms with E-state index in [0.29, 0.717) is 30.5 Å². The van der Waals surface area contributed by atoms with Crippen molar-refractivity contribution >= 4 is 21.4 Å². The molecule has 0 saturated carbocycles. The van der Waals surface area contributed by atoms with Crippen LogP contribution in [0.2, 0.25) is 0 Å². The van der Waals surface area contributed by atoms with E-state index in [1.807, 2.05) is 5.32 Å². The van der Waals surface area contributed by atoms with Gasteiger partial charge in [0.25, 0.3) is 5.91 Å². The Bertz CT molecular complexity index is 1030. The van der Waals surface area contributed by atoms with Gasteiger partial charge < -0.3 is 5.32 Å². The minimum Gasteiger partial charge on any atom is -0.322 e. The second-order valence-electron chi connectivity index (χ2n) is 5.16. The van der Waals surface area contributed by atoms with E-state index in [4.69, 9.17) is 5.26 Å². The maximum Gasteiger partial charge on any atom is 0.403 e. The number of nitrogens with zero attached hydrogens (tertiary/aromatic N) is 2. The number of benzene rings is 1. The molecule has 0 bridgehead atoms. The number of carbonyl (C=O) groups is 1. The molecule has 1 heterocycles. The van der Waals surface area contributed by atoms with Crippen molar-refractivity contribution in [2.45, 2.75) is 11.1 Å². The van der Waals surface area contributed by atoms with Gasteiger partial charge in [-0.1, -0.05) is 0 Å². The summed E-state index contributed by atoms with van der Waals surface area (Å²) < 4.78 is 87.9. The van der Waals surface area contributed by atoms with E-state index < -0.39 is 61.1 Å². The summed E-state index contributed by atoms with van der Waals surface area (Å²) in [6.45, 7) is 0. The summed E-state index contributed by atoms with van der Waals surface area (Å²) in [6, 6.07) is 4.08. The molecule has 0 aliphatic heterocycles. The molecule has 0 fully saturated rings. The second kappa shape index (κ2) is 7.28. The predicted octanol–water partition coefficient (Wildman–Crippen LogP) is 2.82. The SMILES string of the molecule is N#Cc1cc(C(=O)Nc2cc(F)cc(F)c2)c(S(=O)(=O)CC(F)(F)F)cn1. The molecule has 0 saturated heterocycles. The van der Waals surface area contributed by atoms with Crippen LogP contribution in [0.25, 0.3) is 0 Å². The fourth-order valence-corrected chi connectivity index (χ4v) is 3.33. The van der Waals surface area contributed by atoms with Crippen LogP contribution in [0, 0.1) is 23.0 Å². The number of sulfone groups is 1. The lowest BCUT2D eigenvalue weighted by atomic mass is 10.2.